The van der Waals surface area contributed by atoms with E-state index in [0.29, 0.717) is 5.57 Å². The molecule has 0 spiro atoms. The van der Waals surface area contributed by atoms with Gasteiger partial charge in [-0.15, -0.1) is 0 Å². The van der Waals surface area contributed by atoms with E-state index in [9.17, 15) is 14.4 Å². The molecule has 176 valence electrons. The molecule has 0 aromatic heterocycles. The molecule has 0 aliphatic heterocycles. The third-order valence-corrected chi connectivity index (χ3v) is 2.38. The number of esters is 1. The number of ether oxygens (including phenoxy) is 1. The van der Waals surface area contributed by atoms with Crippen molar-refractivity contribution >= 4 is 24.0 Å². The first-order chi connectivity index (χ1) is 14.6. The third-order valence-electron chi connectivity index (χ3n) is 2.38. The van der Waals surface area contributed by atoms with Crippen molar-refractivity contribution < 1.29 is 29.3 Å². The number of hydrogen-bond acceptors (Lipinski definition) is 5. The lowest BCUT2D eigenvalue weighted by atomic mass is 10.2. The molecule has 7 nitrogen and oxygen atoms in total. The molecular formula is C25H35NO6. The predicted molar refractivity (Wildman–Crippen MR) is 131 cm³/mol. The zero-order valence-electron chi connectivity index (χ0n) is 18.1. The Labute approximate surface area is 192 Å². The first-order valence-corrected chi connectivity index (χ1v) is 8.66. The minimum Gasteiger partial charge on any atom is -0.481 e. The Morgan fingerprint density at radius 1 is 1.00 bits per heavy atom. The lowest BCUT2D eigenvalue weighted by molar-refractivity contribution is -0.143. The van der Waals surface area contributed by atoms with Gasteiger partial charge >= 0.3 is 17.9 Å². The third kappa shape index (κ3) is 44.9. The van der Waals surface area contributed by atoms with Gasteiger partial charge in [0.05, 0.1) is 26.0 Å². The van der Waals surface area contributed by atoms with E-state index >= 15 is 0 Å². The van der Waals surface area contributed by atoms with Crippen LogP contribution in [0.3, 0.4) is 0 Å². The molecule has 1 rings (SSSR count). The fraction of sp³-hybridized carbons (Fsp3) is 0.200. The number of rotatable bonds is 6. The van der Waals surface area contributed by atoms with E-state index < -0.39 is 11.9 Å². The van der Waals surface area contributed by atoms with Gasteiger partial charge in [0.2, 0.25) is 0 Å². The normalized spacial score (nSPS) is 7.03. The number of carbonyl (C=O) groups is 3. The van der Waals surface area contributed by atoms with E-state index in [1.807, 2.05) is 36.4 Å². The van der Waals surface area contributed by atoms with Crippen LogP contribution in [0, 0.1) is 11.3 Å². The number of methoxy groups -OCH3 is 1. The summed E-state index contributed by atoms with van der Waals surface area (Å²) in [5, 5.41) is 23.3. The van der Waals surface area contributed by atoms with Crippen LogP contribution in [-0.4, -0.2) is 35.2 Å². The molecule has 0 heterocycles. The number of carboxylic acid groups (broad SMARTS) is 2. The molecule has 7 heteroatoms. The monoisotopic (exact) mass is 445 g/mol. The number of aliphatic carboxylic acids is 2. The molecular weight excluding hydrogens is 410 g/mol. The molecule has 0 radical (unpaired) electrons. The number of benzene rings is 1. The molecule has 1 aromatic carbocycles. The van der Waals surface area contributed by atoms with Crippen LogP contribution in [0.5, 0.6) is 0 Å². The average molecular weight is 446 g/mol. The summed E-state index contributed by atoms with van der Waals surface area (Å²) in [4.78, 5) is 29.5. The maximum atomic E-state index is 10.2. The standard InChI is InChI=1S/C8H8.C5H8O2.C4H6O4.C4H6.C3H3N.CH4/c1-2-8-6-4-3-5-7-8;1-4(2)5(6)7-3;5-3(6)1-2-4(7)8;1-3-4-2;1-2-3-4;/h2-7H,1H2;1H2,2-3H3;1-2H2,(H,5,6)(H,7,8);3-4H,1-2H2;2H,1H2;1H4. The molecule has 1 aromatic rings. The Bertz CT molecular complexity index is 711. The van der Waals surface area contributed by atoms with Crippen LogP contribution < -0.4 is 0 Å². The zero-order chi connectivity index (χ0) is 25.1. The van der Waals surface area contributed by atoms with Crippen LogP contribution in [-0.2, 0) is 19.1 Å². The van der Waals surface area contributed by atoms with Crippen molar-refractivity contribution in [2.45, 2.75) is 27.2 Å². The van der Waals surface area contributed by atoms with Gasteiger partial charge in [0.15, 0.2) is 0 Å². The Morgan fingerprint density at radius 3 is 1.50 bits per heavy atom. The van der Waals surface area contributed by atoms with Gasteiger partial charge in [0.1, 0.15) is 0 Å². The number of carbonyl (C=O) groups excluding carboxylic acids is 1. The van der Waals surface area contributed by atoms with Crippen molar-refractivity contribution in [1.82, 2.24) is 0 Å². The number of allylic oxidation sites excluding steroid dienone is 3. The number of nitriles is 1. The highest BCUT2D eigenvalue weighted by atomic mass is 16.5. The van der Waals surface area contributed by atoms with E-state index in [4.69, 9.17) is 15.5 Å². The summed E-state index contributed by atoms with van der Waals surface area (Å²) >= 11 is 0. The van der Waals surface area contributed by atoms with Gasteiger partial charge in [-0.25, -0.2) is 4.79 Å². The summed E-state index contributed by atoms with van der Waals surface area (Å²) in [5.41, 5.74) is 1.61. The smallest absolute Gasteiger partial charge is 0.332 e. The highest BCUT2D eigenvalue weighted by molar-refractivity contribution is 5.86. The van der Waals surface area contributed by atoms with Crippen LogP contribution in [0.2, 0.25) is 0 Å². The molecule has 0 atom stereocenters. The van der Waals surface area contributed by atoms with Gasteiger partial charge in [-0.3, -0.25) is 9.59 Å². The van der Waals surface area contributed by atoms with Gasteiger partial charge < -0.3 is 14.9 Å². The Morgan fingerprint density at radius 2 is 1.38 bits per heavy atom. The van der Waals surface area contributed by atoms with Crippen molar-refractivity contribution in [2.75, 3.05) is 7.11 Å². The van der Waals surface area contributed by atoms with Gasteiger partial charge in [-0.2, -0.15) is 5.26 Å². The van der Waals surface area contributed by atoms with Crippen LogP contribution in [0.4, 0.5) is 0 Å². The molecule has 0 unspecified atom stereocenters. The maximum Gasteiger partial charge on any atom is 0.332 e. The molecule has 0 saturated carbocycles. The fourth-order valence-corrected chi connectivity index (χ4v) is 0.977. The molecule has 2 N–H and O–H groups in total. The summed E-state index contributed by atoms with van der Waals surface area (Å²) in [6.07, 6.45) is 5.70. The van der Waals surface area contributed by atoms with Gasteiger partial charge in [-0.1, -0.05) is 88.9 Å². The second kappa shape index (κ2) is 31.5. The second-order valence-electron chi connectivity index (χ2n) is 4.98. The molecule has 0 aliphatic rings. The van der Waals surface area contributed by atoms with E-state index in [0.717, 1.165) is 0 Å². The SMILES string of the molecule is C.C=C(C)C(=O)OC.C=CC#N.C=CC=C.C=Cc1ccccc1.O=C(O)CCC(=O)O. The van der Waals surface area contributed by atoms with Gasteiger partial charge in [-0.05, 0) is 12.5 Å². The Balaban J connectivity index is -0.0000000971. The van der Waals surface area contributed by atoms with Crippen LogP contribution in [0.1, 0.15) is 32.8 Å². The molecule has 0 fully saturated rings. The van der Waals surface area contributed by atoms with Crippen molar-refractivity contribution in [3.63, 3.8) is 0 Å². The lowest BCUT2D eigenvalue weighted by Crippen LogP contribution is -2.00. The summed E-state index contributed by atoms with van der Waals surface area (Å²) in [7, 11) is 1.33. The maximum absolute atomic E-state index is 10.2. The molecule has 0 aliphatic carbocycles. The van der Waals surface area contributed by atoms with Crippen molar-refractivity contribution in [3.8, 4) is 6.07 Å². The summed E-state index contributed by atoms with van der Waals surface area (Å²) in [6, 6.07) is 11.7. The first kappa shape index (κ1) is 38.4. The van der Waals surface area contributed by atoms with Gasteiger partial charge in [0, 0.05) is 11.6 Å². The Kier molecular flexibility index (Phi) is 37.8. The predicted octanol–water partition coefficient (Wildman–Crippen LogP) is 5.69. The average Bonchev–Trinajstić information content (AvgIpc) is 2.78. The van der Waals surface area contributed by atoms with E-state index in [1.54, 1.807) is 25.1 Å². The van der Waals surface area contributed by atoms with Gasteiger partial charge in [0.25, 0.3) is 0 Å². The van der Waals surface area contributed by atoms with Crippen molar-refractivity contribution in [2.24, 2.45) is 0 Å². The fourth-order valence-electron chi connectivity index (χ4n) is 0.977. The number of hydrogen-bond donors (Lipinski definition) is 2. The quantitative estimate of drug-likeness (QED) is 0.249. The highest BCUT2D eigenvalue weighted by Crippen LogP contribution is 1.97. The van der Waals surface area contributed by atoms with E-state index in [2.05, 4.69) is 37.6 Å². The Hall–Kier alpha value is -4.18. The minimum atomic E-state index is -1.08. The van der Waals surface area contributed by atoms with E-state index in [-0.39, 0.29) is 26.2 Å². The number of carboxylic acids is 2. The topological polar surface area (TPSA) is 125 Å². The highest BCUT2D eigenvalue weighted by Gasteiger charge is 2.00. The van der Waals surface area contributed by atoms with E-state index in [1.165, 1.54) is 18.7 Å². The molecule has 32 heavy (non-hydrogen) atoms. The molecule has 0 amide bonds. The van der Waals surface area contributed by atoms with Crippen LogP contribution >= 0.6 is 0 Å². The second-order valence-corrected chi connectivity index (χ2v) is 4.98. The number of nitrogens with zero attached hydrogens (tertiary/aromatic N) is 1. The largest absolute Gasteiger partial charge is 0.481 e. The van der Waals surface area contributed by atoms with Crippen molar-refractivity contribution in [3.05, 3.63) is 92.6 Å². The molecule has 0 saturated heterocycles. The summed E-state index contributed by atoms with van der Waals surface area (Å²) in [6.45, 7) is 18.4. The molecule has 0 bridgehead atoms. The van der Waals surface area contributed by atoms with Crippen LogP contribution in [0.15, 0.2) is 87.0 Å². The first-order valence-electron chi connectivity index (χ1n) is 8.66. The van der Waals surface area contributed by atoms with Crippen LogP contribution in [0.25, 0.3) is 6.08 Å². The minimum absolute atomic E-state index is 0. The zero-order valence-corrected chi connectivity index (χ0v) is 18.1. The lowest BCUT2D eigenvalue weighted by Gasteiger charge is -1.91. The summed E-state index contributed by atoms with van der Waals surface area (Å²) in [5.74, 6) is -2.50. The van der Waals surface area contributed by atoms with Crippen molar-refractivity contribution in [1.29, 1.82) is 5.26 Å². The summed E-state index contributed by atoms with van der Waals surface area (Å²) < 4.78 is 4.27.